The number of hydrogen-bond donors (Lipinski definition) is 0. The van der Waals surface area contributed by atoms with Crippen LogP contribution >= 0.6 is 11.3 Å². The van der Waals surface area contributed by atoms with Gasteiger partial charge in [0.2, 0.25) is 4.96 Å². The Morgan fingerprint density at radius 2 is 2.16 bits per heavy atom. The van der Waals surface area contributed by atoms with Gasteiger partial charge in [-0.2, -0.15) is 9.61 Å². The Labute approximate surface area is 147 Å². The van der Waals surface area contributed by atoms with E-state index in [-0.39, 0.29) is 18.8 Å². The quantitative estimate of drug-likeness (QED) is 0.627. The second kappa shape index (κ2) is 7.43. The maximum Gasteiger partial charge on any atom is 0.344 e. The average molecular weight is 359 g/mol. The van der Waals surface area contributed by atoms with Crippen molar-refractivity contribution in [3.8, 4) is 5.75 Å². The molecule has 8 heteroatoms. The molecule has 0 bridgehead atoms. The number of ether oxygens (including phenoxy) is 2. The van der Waals surface area contributed by atoms with Gasteiger partial charge in [0.15, 0.2) is 6.61 Å². The minimum atomic E-state index is -0.526. The molecule has 0 N–H and O–H groups in total. The van der Waals surface area contributed by atoms with Crippen molar-refractivity contribution in [3.05, 3.63) is 57.0 Å². The second-order valence-electron chi connectivity index (χ2n) is 5.40. The van der Waals surface area contributed by atoms with Crippen molar-refractivity contribution in [2.45, 2.75) is 26.9 Å². The summed E-state index contributed by atoms with van der Waals surface area (Å²) in [6, 6.07) is 8.71. The van der Waals surface area contributed by atoms with Crippen molar-refractivity contribution < 1.29 is 14.3 Å². The Hall–Kier alpha value is -2.74. The second-order valence-corrected chi connectivity index (χ2v) is 6.44. The van der Waals surface area contributed by atoms with Gasteiger partial charge in [-0.25, -0.2) is 9.78 Å². The summed E-state index contributed by atoms with van der Waals surface area (Å²) in [5.74, 6) is 0.0774. The van der Waals surface area contributed by atoms with E-state index in [1.165, 1.54) is 21.9 Å². The molecule has 0 saturated heterocycles. The summed E-state index contributed by atoms with van der Waals surface area (Å²) < 4.78 is 11.8. The molecule has 0 aliphatic rings. The van der Waals surface area contributed by atoms with E-state index < -0.39 is 5.97 Å². The Kier molecular flexibility index (Phi) is 5.08. The van der Waals surface area contributed by atoms with Crippen LogP contribution in [0.1, 0.15) is 23.2 Å². The third-order valence-corrected chi connectivity index (χ3v) is 4.42. The summed E-state index contributed by atoms with van der Waals surface area (Å²) in [5.41, 5.74) is 1.14. The lowest BCUT2D eigenvalue weighted by Crippen LogP contribution is -2.18. The molecule has 0 radical (unpaired) electrons. The molecule has 0 fully saturated rings. The molecule has 0 spiro atoms. The molecule has 0 atom stereocenters. The fourth-order valence-corrected chi connectivity index (χ4v) is 3.01. The number of aromatic nitrogens is 3. The van der Waals surface area contributed by atoms with Crippen LogP contribution < -0.4 is 10.3 Å². The van der Waals surface area contributed by atoms with Gasteiger partial charge in [0.05, 0.1) is 5.69 Å². The first-order valence-electron chi connectivity index (χ1n) is 7.79. The fourth-order valence-electron chi connectivity index (χ4n) is 2.16. The molecule has 0 unspecified atom stereocenters. The highest BCUT2D eigenvalue weighted by Crippen LogP contribution is 2.13. The third kappa shape index (κ3) is 4.21. The van der Waals surface area contributed by atoms with Crippen molar-refractivity contribution in [2.75, 3.05) is 6.61 Å². The summed E-state index contributed by atoms with van der Waals surface area (Å²) in [5, 5.41) is 4.99. The molecule has 2 heterocycles. The molecular formula is C17H17N3O4S. The largest absolute Gasteiger partial charge is 0.482 e. The van der Waals surface area contributed by atoms with Crippen molar-refractivity contribution in [1.82, 2.24) is 14.6 Å². The average Bonchev–Trinajstić information content (AvgIpc) is 3.02. The fraction of sp³-hybridized carbons (Fsp3) is 0.294. The van der Waals surface area contributed by atoms with Crippen LogP contribution in [0.5, 0.6) is 5.75 Å². The normalized spacial score (nSPS) is 10.8. The Bertz CT molecular complexity index is 964. The first-order valence-corrected chi connectivity index (χ1v) is 8.60. The van der Waals surface area contributed by atoms with E-state index in [4.69, 9.17) is 9.47 Å². The van der Waals surface area contributed by atoms with E-state index in [2.05, 4.69) is 10.1 Å². The van der Waals surface area contributed by atoms with Crippen LogP contribution in [0, 0.1) is 6.92 Å². The number of hydrogen-bond acceptors (Lipinski definition) is 7. The van der Waals surface area contributed by atoms with Crippen LogP contribution in [0.15, 0.2) is 35.1 Å². The standard InChI is InChI=1S/C17H17N3O4S/c1-3-14-19-20-15(21)8-12(18-17(20)25-14)9-24-16(22)10-23-13-6-4-5-11(2)7-13/h4-8H,3,9-10H2,1-2H3. The van der Waals surface area contributed by atoms with Gasteiger partial charge >= 0.3 is 5.97 Å². The van der Waals surface area contributed by atoms with E-state index in [1.54, 1.807) is 6.07 Å². The molecule has 0 aliphatic heterocycles. The minimum Gasteiger partial charge on any atom is -0.482 e. The van der Waals surface area contributed by atoms with Gasteiger partial charge in [-0.05, 0) is 31.0 Å². The van der Waals surface area contributed by atoms with Gasteiger partial charge in [0, 0.05) is 6.07 Å². The van der Waals surface area contributed by atoms with Crippen LogP contribution in [0.3, 0.4) is 0 Å². The van der Waals surface area contributed by atoms with E-state index in [0.717, 1.165) is 17.0 Å². The summed E-state index contributed by atoms with van der Waals surface area (Å²) in [7, 11) is 0. The molecule has 130 valence electrons. The molecule has 3 rings (SSSR count). The lowest BCUT2D eigenvalue weighted by atomic mass is 10.2. The maximum atomic E-state index is 12.0. The zero-order chi connectivity index (χ0) is 17.8. The van der Waals surface area contributed by atoms with Crippen molar-refractivity contribution >= 4 is 22.3 Å². The van der Waals surface area contributed by atoms with Gasteiger partial charge in [0.1, 0.15) is 17.4 Å². The lowest BCUT2D eigenvalue weighted by Gasteiger charge is -2.07. The molecule has 0 saturated carbocycles. The number of nitrogens with zero attached hydrogens (tertiary/aromatic N) is 3. The molecule has 3 aromatic rings. The first kappa shape index (κ1) is 17.1. The monoisotopic (exact) mass is 359 g/mol. The number of rotatable bonds is 6. The van der Waals surface area contributed by atoms with Crippen molar-refractivity contribution in [2.24, 2.45) is 0 Å². The molecule has 2 aromatic heterocycles. The summed E-state index contributed by atoms with van der Waals surface area (Å²) in [6.07, 6.45) is 0.730. The predicted octanol–water partition coefficient (Wildman–Crippen LogP) is 2.14. The Morgan fingerprint density at radius 3 is 2.92 bits per heavy atom. The van der Waals surface area contributed by atoms with Crippen molar-refractivity contribution in [3.63, 3.8) is 0 Å². The summed E-state index contributed by atoms with van der Waals surface area (Å²) >= 11 is 1.34. The van der Waals surface area contributed by atoms with Gasteiger partial charge < -0.3 is 9.47 Å². The summed E-state index contributed by atoms with van der Waals surface area (Å²) in [6.45, 7) is 3.61. The van der Waals surface area contributed by atoms with Gasteiger partial charge in [-0.3, -0.25) is 4.79 Å². The highest BCUT2D eigenvalue weighted by atomic mass is 32.1. The number of aryl methyl sites for hydroxylation is 2. The number of carbonyl (C=O) groups excluding carboxylic acids is 1. The van der Waals surface area contributed by atoms with Crippen LogP contribution in [0.25, 0.3) is 4.96 Å². The number of fused-ring (bicyclic) bond motifs is 1. The maximum absolute atomic E-state index is 12.0. The molecule has 0 amide bonds. The predicted molar refractivity (Wildman–Crippen MR) is 93.0 cm³/mol. The Balaban J connectivity index is 1.60. The molecule has 25 heavy (non-hydrogen) atoms. The number of carbonyl (C=O) groups is 1. The Morgan fingerprint density at radius 1 is 1.32 bits per heavy atom. The van der Waals surface area contributed by atoms with Crippen LogP contribution in [0.4, 0.5) is 0 Å². The molecule has 1 aromatic carbocycles. The van der Waals surface area contributed by atoms with Gasteiger partial charge in [0.25, 0.3) is 5.56 Å². The molecule has 0 aliphatic carbocycles. The van der Waals surface area contributed by atoms with Gasteiger partial charge in [-0.15, -0.1) is 0 Å². The minimum absolute atomic E-state index is 0.0822. The highest BCUT2D eigenvalue weighted by molar-refractivity contribution is 7.16. The van der Waals surface area contributed by atoms with E-state index in [0.29, 0.717) is 16.4 Å². The molecule has 7 nitrogen and oxygen atoms in total. The van der Waals surface area contributed by atoms with Crippen LogP contribution in [-0.2, 0) is 22.6 Å². The molecular weight excluding hydrogens is 342 g/mol. The van der Waals surface area contributed by atoms with Gasteiger partial charge in [-0.1, -0.05) is 30.4 Å². The van der Waals surface area contributed by atoms with Crippen LogP contribution in [-0.4, -0.2) is 27.2 Å². The van der Waals surface area contributed by atoms with E-state index in [1.807, 2.05) is 32.0 Å². The number of esters is 1. The zero-order valence-corrected chi connectivity index (χ0v) is 14.7. The topological polar surface area (TPSA) is 82.8 Å². The van der Waals surface area contributed by atoms with E-state index in [9.17, 15) is 9.59 Å². The van der Waals surface area contributed by atoms with E-state index >= 15 is 0 Å². The lowest BCUT2D eigenvalue weighted by molar-refractivity contribution is -0.147. The smallest absolute Gasteiger partial charge is 0.344 e. The third-order valence-electron chi connectivity index (χ3n) is 3.37. The van der Waals surface area contributed by atoms with Crippen molar-refractivity contribution in [1.29, 1.82) is 0 Å². The summed E-state index contributed by atoms with van der Waals surface area (Å²) in [4.78, 5) is 28.6. The number of benzene rings is 1. The first-order chi connectivity index (χ1) is 12.0. The highest BCUT2D eigenvalue weighted by Gasteiger charge is 2.10. The van der Waals surface area contributed by atoms with Crippen LogP contribution in [0.2, 0.25) is 0 Å². The SMILES string of the molecule is CCc1nn2c(=O)cc(COC(=O)COc3cccc(C)c3)nc2s1. The zero-order valence-electron chi connectivity index (χ0n) is 13.9.